The van der Waals surface area contributed by atoms with Crippen LogP contribution < -0.4 is 0 Å². The molecule has 2 fully saturated rings. The first-order chi connectivity index (χ1) is 29.1. The fourth-order valence-electron chi connectivity index (χ4n) is 8.09. The predicted molar refractivity (Wildman–Crippen MR) is 232 cm³/mol. The molecule has 314 valence electrons. The van der Waals surface area contributed by atoms with Gasteiger partial charge in [-0.15, -0.1) is 13.2 Å². The molecule has 4 heterocycles. The number of carboxylic acid groups (broad SMARTS) is 2. The Bertz CT molecular complexity index is 2180. The van der Waals surface area contributed by atoms with Crippen LogP contribution in [0.4, 0.5) is 8.78 Å². The van der Waals surface area contributed by atoms with Crippen molar-refractivity contribution >= 4 is 34.0 Å². The van der Waals surface area contributed by atoms with E-state index in [1.165, 1.54) is 49.9 Å². The largest absolute Gasteiger partial charge is 0.473 e. The first-order valence-electron chi connectivity index (χ1n) is 20.6. The van der Waals surface area contributed by atoms with Gasteiger partial charge in [-0.2, -0.15) is 0 Å². The second-order valence-electron chi connectivity index (χ2n) is 15.5. The van der Waals surface area contributed by atoms with Gasteiger partial charge in [0.2, 0.25) is 0 Å². The third kappa shape index (κ3) is 12.0. The third-order valence-electron chi connectivity index (χ3n) is 11.3. The fraction of sp³-hybridized carbons (Fsp3) is 0.333. The lowest BCUT2D eigenvalue weighted by Gasteiger charge is -2.31. The van der Waals surface area contributed by atoms with Crippen molar-refractivity contribution in [2.24, 2.45) is 11.8 Å². The van der Waals surface area contributed by atoms with Gasteiger partial charge in [-0.25, -0.2) is 28.3 Å². The number of hydrogen-bond acceptors (Lipinski definition) is 6. The second-order valence-corrected chi connectivity index (χ2v) is 15.5. The lowest BCUT2D eigenvalue weighted by atomic mass is 9.93. The normalized spacial score (nSPS) is 15.2. The van der Waals surface area contributed by atoms with E-state index in [1.807, 2.05) is 48.6 Å². The highest BCUT2D eigenvalue weighted by Crippen LogP contribution is 2.27. The van der Waals surface area contributed by atoms with E-state index in [0.717, 1.165) is 110 Å². The summed E-state index contributed by atoms with van der Waals surface area (Å²) in [6.45, 7) is 15.6. The molecular weight excluding hydrogens is 763 g/mol. The molecule has 60 heavy (non-hydrogen) atoms. The van der Waals surface area contributed by atoms with Gasteiger partial charge in [0.15, 0.2) is 0 Å². The van der Waals surface area contributed by atoms with E-state index in [2.05, 4.69) is 68.5 Å². The molecule has 0 aliphatic carbocycles. The third-order valence-corrected chi connectivity index (χ3v) is 11.3. The summed E-state index contributed by atoms with van der Waals surface area (Å²) in [4.78, 5) is 33.0. The highest BCUT2D eigenvalue weighted by atomic mass is 19.1. The number of likely N-dealkylation sites (tertiary alicyclic amines) is 2. The number of imidazole rings is 2. The van der Waals surface area contributed by atoms with Gasteiger partial charge in [0.1, 0.15) is 23.3 Å². The van der Waals surface area contributed by atoms with Gasteiger partial charge in [-0.1, -0.05) is 60.7 Å². The quantitative estimate of drug-likeness (QED) is 0.0934. The number of rotatable bonds is 12. The molecule has 2 aliphatic rings. The molecule has 6 aromatic rings. The van der Waals surface area contributed by atoms with E-state index in [9.17, 15) is 8.78 Å². The molecule has 8 rings (SSSR count). The number of carbonyl (C=O) groups is 2. The van der Waals surface area contributed by atoms with Crippen LogP contribution in [-0.4, -0.2) is 90.3 Å². The monoisotopic (exact) mass is 816 g/mol. The summed E-state index contributed by atoms with van der Waals surface area (Å²) in [7, 11) is 0. The van der Waals surface area contributed by atoms with Crippen LogP contribution >= 0.6 is 0 Å². The van der Waals surface area contributed by atoms with Crippen LogP contribution in [-0.2, 0) is 35.5 Å². The molecule has 2 saturated heterocycles. The average Bonchev–Trinajstić information content (AvgIpc) is 3.77. The van der Waals surface area contributed by atoms with E-state index in [0.29, 0.717) is 11.8 Å². The van der Waals surface area contributed by atoms with Crippen molar-refractivity contribution in [1.82, 2.24) is 28.9 Å². The summed E-state index contributed by atoms with van der Waals surface area (Å²) in [6, 6.07) is 30.2. The standard InChI is InChI=1S/2C23H26FN3.C2H2O4/c2*1-2-13-26-14-11-18(12-15-26)16-23-25-21-5-3-4-6-22(21)27(23)17-19-7-9-20(24)10-8-19;3-1(4)2(5)6/h2*2-10,18H,1,11-17H2;(H,3,4)(H,5,6). The number of carboxylic acids is 2. The summed E-state index contributed by atoms with van der Waals surface area (Å²) < 4.78 is 31.1. The first kappa shape index (κ1) is 43.6. The number of benzene rings is 4. The van der Waals surface area contributed by atoms with Gasteiger partial charge in [-0.05, 0) is 123 Å². The average molecular weight is 817 g/mol. The lowest BCUT2D eigenvalue weighted by Crippen LogP contribution is -2.34. The van der Waals surface area contributed by atoms with E-state index in [1.54, 1.807) is 0 Å². The van der Waals surface area contributed by atoms with Crippen LogP contribution in [0.1, 0.15) is 48.5 Å². The minimum atomic E-state index is -1.82. The molecule has 0 bridgehead atoms. The van der Waals surface area contributed by atoms with Crippen molar-refractivity contribution in [3.05, 3.63) is 157 Å². The lowest BCUT2D eigenvalue weighted by molar-refractivity contribution is -0.159. The smallest absolute Gasteiger partial charge is 0.414 e. The van der Waals surface area contributed by atoms with Crippen molar-refractivity contribution < 1.29 is 28.6 Å². The van der Waals surface area contributed by atoms with Crippen LogP contribution in [0.5, 0.6) is 0 Å². The minimum absolute atomic E-state index is 0.194. The Hall–Kier alpha value is -5.98. The van der Waals surface area contributed by atoms with Crippen molar-refractivity contribution in [1.29, 1.82) is 0 Å². The Morgan fingerprint density at radius 1 is 0.583 bits per heavy atom. The molecule has 0 radical (unpaired) electrons. The molecule has 0 amide bonds. The number of aromatic nitrogens is 4. The van der Waals surface area contributed by atoms with Crippen molar-refractivity contribution in [3.63, 3.8) is 0 Å². The zero-order chi connectivity index (χ0) is 42.4. The van der Waals surface area contributed by atoms with Crippen LogP contribution in [0.3, 0.4) is 0 Å². The molecular formula is C48H54F2N6O4. The number of nitrogens with zero attached hydrogens (tertiary/aromatic N) is 6. The van der Waals surface area contributed by atoms with Gasteiger partial charge >= 0.3 is 11.9 Å². The van der Waals surface area contributed by atoms with Gasteiger partial charge < -0.3 is 19.3 Å². The zero-order valence-electron chi connectivity index (χ0n) is 34.0. The topological polar surface area (TPSA) is 117 Å². The summed E-state index contributed by atoms with van der Waals surface area (Å²) in [5.74, 6) is -0.429. The molecule has 12 heteroatoms. The van der Waals surface area contributed by atoms with Crippen LogP contribution in [0.15, 0.2) is 122 Å². The number of halogens is 2. The van der Waals surface area contributed by atoms with Crippen molar-refractivity contribution in [3.8, 4) is 0 Å². The van der Waals surface area contributed by atoms with Gasteiger partial charge in [-0.3, -0.25) is 9.80 Å². The Balaban J connectivity index is 0.000000177. The molecule has 0 spiro atoms. The molecule has 4 aromatic carbocycles. The van der Waals surface area contributed by atoms with Crippen LogP contribution in [0, 0.1) is 23.5 Å². The van der Waals surface area contributed by atoms with Gasteiger partial charge in [0, 0.05) is 39.0 Å². The summed E-state index contributed by atoms with van der Waals surface area (Å²) in [6.07, 6.45) is 10.8. The van der Waals surface area contributed by atoms with E-state index >= 15 is 0 Å². The number of fused-ring (bicyclic) bond motifs is 2. The number of para-hydroxylation sites is 4. The fourth-order valence-corrected chi connectivity index (χ4v) is 8.09. The Kier molecular flexibility index (Phi) is 15.5. The van der Waals surface area contributed by atoms with Crippen LogP contribution in [0.25, 0.3) is 22.1 Å². The SMILES string of the molecule is C=CCN1CCC(Cc2nc3ccccc3n2Cc2ccc(F)cc2)CC1.C=CCN1CCC(Cc2nc3ccccc3n2Cc2ccc(F)cc2)CC1.O=C(O)C(=O)O. The molecule has 2 aliphatic heterocycles. The summed E-state index contributed by atoms with van der Waals surface area (Å²) in [5.41, 5.74) is 6.59. The summed E-state index contributed by atoms with van der Waals surface area (Å²) in [5, 5.41) is 14.8. The Labute approximate surface area is 350 Å². The number of aliphatic carboxylic acids is 2. The van der Waals surface area contributed by atoms with Crippen molar-refractivity contribution in [2.45, 2.75) is 51.6 Å². The Morgan fingerprint density at radius 3 is 1.27 bits per heavy atom. The maximum Gasteiger partial charge on any atom is 0.414 e. The summed E-state index contributed by atoms with van der Waals surface area (Å²) >= 11 is 0. The van der Waals surface area contributed by atoms with E-state index < -0.39 is 11.9 Å². The highest BCUT2D eigenvalue weighted by Gasteiger charge is 2.23. The molecule has 2 aromatic heterocycles. The van der Waals surface area contributed by atoms with Crippen molar-refractivity contribution in [2.75, 3.05) is 39.3 Å². The van der Waals surface area contributed by atoms with Crippen LogP contribution in [0.2, 0.25) is 0 Å². The molecule has 0 unspecified atom stereocenters. The molecule has 0 atom stereocenters. The Morgan fingerprint density at radius 2 is 0.933 bits per heavy atom. The highest BCUT2D eigenvalue weighted by molar-refractivity contribution is 6.27. The number of hydrogen-bond donors (Lipinski definition) is 2. The van der Waals surface area contributed by atoms with Gasteiger partial charge in [0.05, 0.1) is 22.1 Å². The number of piperidine rings is 2. The minimum Gasteiger partial charge on any atom is -0.473 e. The second kappa shape index (κ2) is 21.3. The molecule has 0 saturated carbocycles. The predicted octanol–water partition coefficient (Wildman–Crippen LogP) is 8.48. The van der Waals surface area contributed by atoms with Gasteiger partial charge in [0.25, 0.3) is 0 Å². The van der Waals surface area contributed by atoms with E-state index in [4.69, 9.17) is 29.8 Å². The van der Waals surface area contributed by atoms with E-state index in [-0.39, 0.29) is 11.6 Å². The zero-order valence-corrected chi connectivity index (χ0v) is 34.0. The maximum atomic E-state index is 13.3. The molecule has 10 nitrogen and oxygen atoms in total. The first-order valence-corrected chi connectivity index (χ1v) is 20.6. The molecule has 2 N–H and O–H groups in total. The maximum absolute atomic E-state index is 13.3.